The summed E-state index contributed by atoms with van der Waals surface area (Å²) in [6, 6.07) is 24.5. The minimum Gasteiger partial charge on any atom is -0.383 e. The molecule has 0 spiro atoms. The van der Waals surface area contributed by atoms with E-state index in [1.54, 1.807) is 34.0 Å². The lowest BCUT2D eigenvalue weighted by Crippen LogP contribution is -2.13. The second-order valence-electron chi connectivity index (χ2n) is 7.82. The fourth-order valence-corrected chi connectivity index (χ4v) is 3.51. The van der Waals surface area contributed by atoms with Crippen LogP contribution in [0.15, 0.2) is 79.0 Å². The Bertz CT molecular complexity index is 1380. The Balaban J connectivity index is 1.79. The zero-order chi connectivity index (χ0) is 23.4. The lowest BCUT2D eigenvalue weighted by molar-refractivity contribution is 0.105. The van der Waals surface area contributed by atoms with Gasteiger partial charge in [-0.05, 0) is 52.7 Å². The number of carbonyl (C=O) groups excluding carboxylic acids is 1. The Hall–Kier alpha value is -4.57. The molecule has 0 amide bonds. The number of nitriles is 1. The summed E-state index contributed by atoms with van der Waals surface area (Å²) >= 11 is 0. The van der Waals surface area contributed by atoms with E-state index < -0.39 is 0 Å². The van der Waals surface area contributed by atoms with Crippen LogP contribution in [0.5, 0.6) is 0 Å². The van der Waals surface area contributed by atoms with Crippen LogP contribution in [-0.2, 0) is 0 Å². The number of aromatic nitrogens is 4. The molecule has 0 saturated heterocycles. The summed E-state index contributed by atoms with van der Waals surface area (Å²) < 4.78 is 1.56. The van der Waals surface area contributed by atoms with Crippen LogP contribution in [0.1, 0.15) is 27.3 Å². The average molecular weight is 435 g/mol. The van der Waals surface area contributed by atoms with Crippen LogP contribution in [0.25, 0.3) is 22.4 Å². The van der Waals surface area contributed by atoms with Gasteiger partial charge in [0.25, 0.3) is 0 Å². The summed E-state index contributed by atoms with van der Waals surface area (Å²) in [6.45, 7) is 2.00. The zero-order valence-electron chi connectivity index (χ0n) is 18.6. The van der Waals surface area contributed by atoms with Crippen molar-refractivity contribution in [3.05, 3.63) is 102 Å². The van der Waals surface area contributed by atoms with E-state index in [-0.39, 0.29) is 5.78 Å². The molecule has 0 aliphatic carbocycles. The van der Waals surface area contributed by atoms with Gasteiger partial charge in [-0.25, -0.2) is 0 Å². The molecule has 3 aromatic carbocycles. The Labute approximate surface area is 192 Å². The highest BCUT2D eigenvalue weighted by Gasteiger charge is 2.22. The van der Waals surface area contributed by atoms with Crippen molar-refractivity contribution in [3.8, 4) is 22.9 Å². The first-order valence-electron chi connectivity index (χ1n) is 10.4. The van der Waals surface area contributed by atoms with Crippen LogP contribution in [0.4, 0.5) is 0 Å². The highest BCUT2D eigenvalue weighted by Crippen LogP contribution is 2.27. The van der Waals surface area contributed by atoms with E-state index in [0.717, 1.165) is 22.4 Å². The Morgan fingerprint density at radius 1 is 1.03 bits per heavy atom. The molecule has 0 radical (unpaired) electrons. The van der Waals surface area contributed by atoms with Crippen molar-refractivity contribution < 1.29 is 4.79 Å². The van der Waals surface area contributed by atoms with Gasteiger partial charge >= 0.3 is 0 Å². The molecule has 33 heavy (non-hydrogen) atoms. The first kappa shape index (κ1) is 21.7. The fourth-order valence-electron chi connectivity index (χ4n) is 3.51. The van der Waals surface area contributed by atoms with Crippen LogP contribution in [0, 0.1) is 18.3 Å². The van der Waals surface area contributed by atoms with Crippen molar-refractivity contribution in [2.24, 2.45) is 0 Å². The molecule has 4 aromatic rings. The molecule has 0 aliphatic rings. The van der Waals surface area contributed by atoms with Crippen molar-refractivity contribution in [3.63, 3.8) is 0 Å². The number of rotatable bonds is 6. The van der Waals surface area contributed by atoms with Gasteiger partial charge in [0.15, 0.2) is 11.6 Å². The van der Waals surface area contributed by atoms with Gasteiger partial charge in [0, 0.05) is 25.9 Å². The van der Waals surface area contributed by atoms with Crippen molar-refractivity contribution in [2.75, 3.05) is 14.1 Å². The second kappa shape index (κ2) is 9.28. The molecule has 7 nitrogen and oxygen atoms in total. The number of allylic oxidation sites excluding steroid dienone is 1. The van der Waals surface area contributed by atoms with E-state index in [1.807, 2.05) is 75.6 Å². The molecule has 1 aromatic heterocycles. The molecule has 0 unspecified atom stereocenters. The number of benzene rings is 3. The van der Waals surface area contributed by atoms with Crippen molar-refractivity contribution in [1.82, 2.24) is 25.1 Å². The number of hydrogen-bond acceptors (Lipinski definition) is 6. The minimum absolute atomic E-state index is 0.219. The van der Waals surface area contributed by atoms with Crippen molar-refractivity contribution in [2.45, 2.75) is 6.92 Å². The van der Waals surface area contributed by atoms with Gasteiger partial charge in [0.2, 0.25) is 0 Å². The highest BCUT2D eigenvalue weighted by molar-refractivity contribution is 6.28. The van der Waals surface area contributed by atoms with Gasteiger partial charge in [-0.1, -0.05) is 54.1 Å². The van der Waals surface area contributed by atoms with E-state index in [0.29, 0.717) is 22.5 Å². The van der Waals surface area contributed by atoms with E-state index in [9.17, 15) is 10.1 Å². The molecule has 1 heterocycles. The summed E-state index contributed by atoms with van der Waals surface area (Å²) in [7, 11) is 3.68. The topological polar surface area (TPSA) is 87.7 Å². The molecule has 162 valence electrons. The van der Waals surface area contributed by atoms with Gasteiger partial charge in [-0.15, -0.1) is 5.10 Å². The van der Waals surface area contributed by atoms with E-state index in [4.69, 9.17) is 0 Å². The quantitative estimate of drug-likeness (QED) is 0.332. The third-order valence-corrected chi connectivity index (χ3v) is 5.10. The predicted octanol–water partition coefficient (Wildman–Crippen LogP) is 4.29. The first-order valence-corrected chi connectivity index (χ1v) is 10.4. The maximum Gasteiger partial charge on any atom is 0.198 e. The minimum atomic E-state index is -0.219. The summed E-state index contributed by atoms with van der Waals surface area (Å²) in [5.41, 5.74) is 4.83. The van der Waals surface area contributed by atoms with Gasteiger partial charge in [0.1, 0.15) is 0 Å². The summed E-state index contributed by atoms with van der Waals surface area (Å²) in [4.78, 5) is 15.5. The van der Waals surface area contributed by atoms with E-state index >= 15 is 0 Å². The standard InChI is InChI=1S/C26H22N6O/c1-18-11-13-22(14-12-18)32-26(28-29-30-32)24(17-31(2)3)25(33)20-9-6-8-19(15-20)23-10-5-4-7-21(23)16-27/h4-15,17H,1-3H3. The zero-order valence-corrected chi connectivity index (χ0v) is 18.6. The highest BCUT2D eigenvalue weighted by atomic mass is 16.1. The number of ketones is 1. The number of carbonyl (C=O) groups is 1. The molecular formula is C26H22N6O. The van der Waals surface area contributed by atoms with Gasteiger partial charge in [0.05, 0.1) is 22.9 Å². The number of hydrogen-bond donors (Lipinski definition) is 0. The van der Waals surface area contributed by atoms with E-state index in [2.05, 4.69) is 21.6 Å². The lowest BCUT2D eigenvalue weighted by atomic mass is 9.95. The van der Waals surface area contributed by atoms with Gasteiger partial charge in [-0.2, -0.15) is 9.94 Å². The summed E-state index contributed by atoms with van der Waals surface area (Å²) in [5, 5.41) is 21.6. The number of aryl methyl sites for hydroxylation is 1. The van der Waals surface area contributed by atoms with Crippen LogP contribution in [-0.4, -0.2) is 45.0 Å². The summed E-state index contributed by atoms with van der Waals surface area (Å²) in [6.07, 6.45) is 1.72. The largest absolute Gasteiger partial charge is 0.383 e. The first-order chi connectivity index (χ1) is 16.0. The third-order valence-electron chi connectivity index (χ3n) is 5.10. The Kier molecular flexibility index (Phi) is 6.09. The van der Waals surface area contributed by atoms with Crippen molar-refractivity contribution >= 4 is 11.4 Å². The Morgan fingerprint density at radius 2 is 1.79 bits per heavy atom. The van der Waals surface area contributed by atoms with Crippen LogP contribution in [0.2, 0.25) is 0 Å². The number of Topliss-reactive ketones (excluding diaryl/α,β-unsaturated/α-hetero) is 1. The molecule has 0 N–H and O–H groups in total. The number of tetrazole rings is 1. The molecule has 0 aliphatic heterocycles. The summed E-state index contributed by atoms with van der Waals surface area (Å²) in [5.74, 6) is 0.128. The van der Waals surface area contributed by atoms with Crippen LogP contribution >= 0.6 is 0 Å². The average Bonchev–Trinajstić information content (AvgIpc) is 3.32. The van der Waals surface area contributed by atoms with Gasteiger partial charge in [-0.3, -0.25) is 4.79 Å². The fraction of sp³-hybridized carbons (Fsp3) is 0.115. The van der Waals surface area contributed by atoms with Crippen LogP contribution < -0.4 is 0 Å². The molecule has 0 fully saturated rings. The Morgan fingerprint density at radius 3 is 2.52 bits per heavy atom. The van der Waals surface area contributed by atoms with Crippen LogP contribution in [0.3, 0.4) is 0 Å². The SMILES string of the molecule is Cc1ccc(-n2nnnc2C(=CN(C)C)C(=O)c2cccc(-c3ccccc3C#N)c2)cc1. The molecule has 0 bridgehead atoms. The number of nitrogens with zero attached hydrogens (tertiary/aromatic N) is 6. The molecule has 0 atom stereocenters. The van der Waals surface area contributed by atoms with Crippen molar-refractivity contribution in [1.29, 1.82) is 5.26 Å². The maximum atomic E-state index is 13.7. The third kappa shape index (κ3) is 4.55. The maximum absolute atomic E-state index is 13.7. The molecule has 0 saturated carbocycles. The molecule has 4 rings (SSSR count). The van der Waals surface area contributed by atoms with E-state index in [1.165, 1.54) is 0 Å². The lowest BCUT2D eigenvalue weighted by Gasteiger charge is -2.13. The molecule has 7 heteroatoms. The monoisotopic (exact) mass is 434 g/mol. The van der Waals surface area contributed by atoms with Gasteiger partial charge < -0.3 is 4.90 Å². The second-order valence-corrected chi connectivity index (χ2v) is 7.82. The normalized spacial score (nSPS) is 11.2. The molecular weight excluding hydrogens is 412 g/mol. The predicted molar refractivity (Wildman–Crippen MR) is 126 cm³/mol. The smallest absolute Gasteiger partial charge is 0.198 e.